The summed E-state index contributed by atoms with van der Waals surface area (Å²) in [4.78, 5) is 2.62. The first kappa shape index (κ1) is 16.5. The second-order valence-corrected chi connectivity index (χ2v) is 12.6. The lowest BCUT2D eigenvalue weighted by molar-refractivity contribution is 1.42. The molecule has 0 aromatic heterocycles. The molecule has 0 unspecified atom stereocenters. The Kier molecular flexibility index (Phi) is 4.38. The first-order valence-corrected chi connectivity index (χ1v) is 12.8. The third kappa shape index (κ3) is 2.68. The summed E-state index contributed by atoms with van der Waals surface area (Å²) in [6.07, 6.45) is 0. The Morgan fingerprint density at radius 1 is 0.708 bits per heavy atom. The van der Waals surface area contributed by atoms with Crippen LogP contribution in [-0.4, -0.2) is 0 Å². The molecule has 0 N–H and O–H groups in total. The van der Waals surface area contributed by atoms with Crippen molar-refractivity contribution in [1.29, 1.82) is 0 Å². The van der Waals surface area contributed by atoms with E-state index in [-0.39, 0.29) is 0 Å². The highest BCUT2D eigenvalue weighted by molar-refractivity contribution is 8.77. The van der Waals surface area contributed by atoms with Crippen LogP contribution in [0.25, 0.3) is 0 Å². The lowest BCUT2D eigenvalue weighted by Gasteiger charge is -2.25. The fourth-order valence-corrected chi connectivity index (χ4v) is 11.2. The van der Waals surface area contributed by atoms with Crippen molar-refractivity contribution in [2.45, 2.75) is 23.6 Å². The standard InChI is InChI=1S/C20H17PS3/c1-14-8-10-19-17(12-14)21(22,16-6-4-3-5-7-16)18-13-15(2)9-11-20(18)24-23-19/h3-13H,1-2H3. The first-order chi connectivity index (χ1) is 11.6. The van der Waals surface area contributed by atoms with E-state index in [9.17, 15) is 0 Å². The average molecular weight is 385 g/mol. The number of aryl methyl sites for hydroxylation is 2. The van der Waals surface area contributed by atoms with Gasteiger partial charge in [0.1, 0.15) is 0 Å². The molecule has 0 fully saturated rings. The number of hydrogen-bond donors (Lipinski definition) is 0. The van der Waals surface area contributed by atoms with Gasteiger partial charge in [0.2, 0.25) is 0 Å². The fraction of sp³-hybridized carbons (Fsp3) is 0.100. The smallest absolute Gasteiger partial charge is 0.0402 e. The van der Waals surface area contributed by atoms with Gasteiger partial charge in [-0.05, 0) is 43.4 Å². The first-order valence-electron chi connectivity index (χ1n) is 7.82. The highest BCUT2D eigenvalue weighted by Gasteiger charge is 2.32. The zero-order valence-electron chi connectivity index (χ0n) is 13.5. The molecule has 24 heavy (non-hydrogen) atoms. The average Bonchev–Trinajstić information content (AvgIpc) is 2.72. The van der Waals surface area contributed by atoms with Crippen molar-refractivity contribution >= 4 is 55.3 Å². The molecule has 0 amide bonds. The summed E-state index contributed by atoms with van der Waals surface area (Å²) >= 11 is 6.52. The Morgan fingerprint density at radius 2 is 1.21 bits per heavy atom. The van der Waals surface area contributed by atoms with Crippen molar-refractivity contribution in [3.05, 3.63) is 77.9 Å². The minimum Gasteiger partial charge on any atom is -0.0825 e. The fourth-order valence-electron chi connectivity index (χ4n) is 3.02. The summed E-state index contributed by atoms with van der Waals surface area (Å²) in [6.45, 7) is 4.32. The van der Waals surface area contributed by atoms with Gasteiger partial charge in [0, 0.05) is 26.4 Å². The zero-order valence-corrected chi connectivity index (χ0v) is 16.9. The molecule has 0 aliphatic carbocycles. The van der Waals surface area contributed by atoms with Crippen LogP contribution in [0.5, 0.6) is 0 Å². The van der Waals surface area contributed by atoms with E-state index < -0.39 is 6.04 Å². The van der Waals surface area contributed by atoms with Crippen molar-refractivity contribution in [2.75, 3.05) is 0 Å². The number of hydrogen-bond acceptors (Lipinski definition) is 3. The van der Waals surface area contributed by atoms with E-state index in [0.29, 0.717) is 0 Å². The second kappa shape index (κ2) is 6.38. The van der Waals surface area contributed by atoms with Gasteiger partial charge >= 0.3 is 0 Å². The van der Waals surface area contributed by atoms with Crippen LogP contribution in [0.2, 0.25) is 0 Å². The molecule has 3 aromatic carbocycles. The summed E-state index contributed by atoms with van der Waals surface area (Å²) in [5, 5.41) is 3.96. The molecule has 0 nitrogen and oxygen atoms in total. The third-order valence-electron chi connectivity index (χ3n) is 4.25. The second-order valence-electron chi connectivity index (χ2n) is 6.05. The van der Waals surface area contributed by atoms with Gasteiger partial charge in [0.15, 0.2) is 0 Å². The van der Waals surface area contributed by atoms with Gasteiger partial charge in [-0.25, -0.2) is 0 Å². The predicted octanol–water partition coefficient (Wildman–Crippen LogP) is 5.17. The van der Waals surface area contributed by atoms with Crippen LogP contribution < -0.4 is 15.9 Å². The van der Waals surface area contributed by atoms with E-state index in [4.69, 9.17) is 11.8 Å². The molecule has 0 spiro atoms. The number of rotatable bonds is 1. The normalized spacial score (nSPS) is 15.2. The molecule has 0 bridgehead atoms. The molecule has 1 heterocycles. The van der Waals surface area contributed by atoms with Crippen LogP contribution in [-0.2, 0) is 11.8 Å². The largest absolute Gasteiger partial charge is 0.0825 e. The Morgan fingerprint density at radius 3 is 1.71 bits per heavy atom. The van der Waals surface area contributed by atoms with Crippen molar-refractivity contribution in [2.24, 2.45) is 0 Å². The summed E-state index contributed by atoms with van der Waals surface area (Å²) in [5.41, 5.74) is 2.56. The summed E-state index contributed by atoms with van der Waals surface area (Å²) in [5.74, 6) is 0. The quantitative estimate of drug-likeness (QED) is 0.419. The predicted molar refractivity (Wildman–Crippen MR) is 114 cm³/mol. The summed E-state index contributed by atoms with van der Waals surface area (Å²) < 4.78 is 0. The molecular weight excluding hydrogens is 367 g/mol. The molecule has 4 rings (SSSR count). The van der Waals surface area contributed by atoms with Crippen LogP contribution in [0.1, 0.15) is 11.1 Å². The van der Waals surface area contributed by atoms with Gasteiger partial charge in [-0.1, -0.05) is 87.0 Å². The van der Waals surface area contributed by atoms with Gasteiger partial charge in [0.05, 0.1) is 0 Å². The molecule has 0 radical (unpaired) electrons. The Balaban J connectivity index is 2.12. The molecule has 0 atom stereocenters. The molecule has 1 aliphatic heterocycles. The van der Waals surface area contributed by atoms with Crippen molar-refractivity contribution in [3.8, 4) is 0 Å². The highest BCUT2D eigenvalue weighted by atomic mass is 33.1. The minimum atomic E-state index is -2.05. The van der Waals surface area contributed by atoms with E-state index in [1.165, 1.54) is 36.8 Å². The molecule has 1 aliphatic rings. The van der Waals surface area contributed by atoms with Gasteiger partial charge in [-0.2, -0.15) is 0 Å². The van der Waals surface area contributed by atoms with Crippen molar-refractivity contribution in [1.82, 2.24) is 0 Å². The van der Waals surface area contributed by atoms with E-state index >= 15 is 0 Å². The maximum atomic E-state index is 6.52. The molecule has 3 aromatic rings. The minimum absolute atomic E-state index is 1.28. The van der Waals surface area contributed by atoms with E-state index in [2.05, 4.69) is 80.6 Å². The SMILES string of the molecule is Cc1ccc2c(c1)P(=S)(c1ccccc1)c1cc(C)ccc1SS2. The molecule has 0 saturated carbocycles. The Labute approximate surface area is 156 Å². The van der Waals surface area contributed by atoms with Gasteiger partial charge < -0.3 is 0 Å². The van der Waals surface area contributed by atoms with Gasteiger partial charge in [0.25, 0.3) is 0 Å². The lowest BCUT2D eigenvalue weighted by atomic mass is 10.2. The summed E-state index contributed by atoms with van der Waals surface area (Å²) in [6, 6.07) is 22.2. The molecule has 0 saturated heterocycles. The van der Waals surface area contributed by atoms with Crippen molar-refractivity contribution in [3.63, 3.8) is 0 Å². The molecule has 120 valence electrons. The van der Waals surface area contributed by atoms with Crippen LogP contribution in [0.15, 0.2) is 76.5 Å². The van der Waals surface area contributed by atoms with Gasteiger partial charge in [-0.15, -0.1) is 0 Å². The van der Waals surface area contributed by atoms with Crippen LogP contribution >= 0.6 is 27.6 Å². The maximum absolute atomic E-state index is 6.52. The van der Waals surface area contributed by atoms with Crippen LogP contribution in [0.3, 0.4) is 0 Å². The van der Waals surface area contributed by atoms with E-state index in [0.717, 1.165) is 0 Å². The number of fused-ring (bicyclic) bond motifs is 2. The lowest BCUT2D eigenvalue weighted by Crippen LogP contribution is -2.26. The van der Waals surface area contributed by atoms with E-state index in [1.54, 1.807) is 0 Å². The highest BCUT2D eigenvalue weighted by Crippen LogP contribution is 2.53. The molecular formula is C20H17PS3. The van der Waals surface area contributed by atoms with Crippen LogP contribution in [0.4, 0.5) is 0 Å². The Bertz CT molecular complexity index is 906. The zero-order chi connectivity index (χ0) is 16.7. The van der Waals surface area contributed by atoms with E-state index in [1.807, 2.05) is 21.6 Å². The maximum Gasteiger partial charge on any atom is 0.0402 e. The monoisotopic (exact) mass is 384 g/mol. The third-order valence-corrected chi connectivity index (χ3v) is 12.0. The van der Waals surface area contributed by atoms with Crippen LogP contribution in [0, 0.1) is 13.8 Å². The molecule has 4 heteroatoms. The van der Waals surface area contributed by atoms with Crippen molar-refractivity contribution < 1.29 is 0 Å². The topological polar surface area (TPSA) is 0 Å². The summed E-state index contributed by atoms with van der Waals surface area (Å²) in [7, 11) is 3.68. The number of benzene rings is 3. The Hall–Kier alpha value is -0.990. The van der Waals surface area contributed by atoms with Gasteiger partial charge in [-0.3, -0.25) is 0 Å².